The van der Waals surface area contributed by atoms with Crippen LogP contribution >= 0.6 is 0 Å². The molecule has 1 aliphatic rings. The number of aryl methyl sites for hydroxylation is 3. The van der Waals surface area contributed by atoms with E-state index < -0.39 is 5.41 Å². The molecule has 0 saturated carbocycles. The van der Waals surface area contributed by atoms with E-state index >= 15 is 0 Å². The van der Waals surface area contributed by atoms with Crippen LogP contribution in [0.1, 0.15) is 47.8 Å². The molecule has 0 fully saturated rings. The third-order valence-corrected chi connectivity index (χ3v) is 5.14. The lowest BCUT2D eigenvalue weighted by atomic mass is 9.93. The van der Waals surface area contributed by atoms with Crippen molar-refractivity contribution < 1.29 is 14.3 Å². The minimum Gasteiger partial charge on any atom is -0.490 e. The van der Waals surface area contributed by atoms with Gasteiger partial charge in [0.2, 0.25) is 5.91 Å². The van der Waals surface area contributed by atoms with E-state index in [-0.39, 0.29) is 11.8 Å². The zero-order chi connectivity index (χ0) is 20.6. The summed E-state index contributed by atoms with van der Waals surface area (Å²) in [6, 6.07) is 9.46. The normalized spacial score (nSPS) is 15.5. The van der Waals surface area contributed by atoms with Crippen LogP contribution in [0.2, 0.25) is 0 Å². The Morgan fingerprint density at radius 2 is 1.79 bits per heavy atom. The molecule has 0 aliphatic carbocycles. The largest absolute Gasteiger partial charge is 0.490 e. The summed E-state index contributed by atoms with van der Waals surface area (Å²) >= 11 is 0. The van der Waals surface area contributed by atoms with E-state index in [1.54, 1.807) is 11.0 Å². The van der Waals surface area contributed by atoms with Crippen molar-refractivity contribution in [2.24, 2.45) is 5.41 Å². The number of hydrogen-bond donors (Lipinski definition) is 1. The molecule has 2 aromatic rings. The second kappa shape index (κ2) is 7.30. The molecule has 0 saturated heterocycles. The van der Waals surface area contributed by atoms with Gasteiger partial charge in [-0.25, -0.2) is 0 Å². The van der Waals surface area contributed by atoms with Crippen molar-refractivity contribution in [1.29, 1.82) is 0 Å². The Morgan fingerprint density at radius 1 is 1.14 bits per heavy atom. The lowest BCUT2D eigenvalue weighted by Gasteiger charge is -2.26. The Kier molecular flexibility index (Phi) is 5.20. The van der Waals surface area contributed by atoms with Crippen molar-refractivity contribution in [3.8, 4) is 5.75 Å². The highest BCUT2D eigenvalue weighted by molar-refractivity contribution is 6.07. The topological polar surface area (TPSA) is 58.6 Å². The van der Waals surface area contributed by atoms with E-state index in [1.165, 1.54) is 0 Å². The van der Waals surface area contributed by atoms with Crippen LogP contribution in [0.15, 0.2) is 30.3 Å². The minimum absolute atomic E-state index is 0.0384. The van der Waals surface area contributed by atoms with Crippen LogP contribution in [0.4, 0.5) is 11.4 Å². The fourth-order valence-electron chi connectivity index (χ4n) is 3.77. The molecule has 5 nitrogen and oxygen atoms in total. The fraction of sp³-hybridized carbons (Fsp3) is 0.391. The van der Waals surface area contributed by atoms with Crippen LogP contribution in [-0.4, -0.2) is 25.0 Å². The van der Waals surface area contributed by atoms with Crippen molar-refractivity contribution >= 4 is 23.2 Å². The van der Waals surface area contributed by atoms with Gasteiger partial charge in [-0.05, 0) is 64.8 Å². The summed E-state index contributed by atoms with van der Waals surface area (Å²) in [4.78, 5) is 27.4. The molecule has 0 bridgehead atoms. The quantitative estimate of drug-likeness (QED) is 0.844. The van der Waals surface area contributed by atoms with Gasteiger partial charge >= 0.3 is 0 Å². The van der Waals surface area contributed by atoms with Crippen molar-refractivity contribution in [3.05, 3.63) is 52.6 Å². The van der Waals surface area contributed by atoms with Gasteiger partial charge in [0.25, 0.3) is 5.91 Å². The number of carbonyl (C=O) groups excluding carboxylic acids is 2. The molecule has 0 atom stereocenters. The van der Waals surface area contributed by atoms with Gasteiger partial charge in [0.1, 0.15) is 12.4 Å². The van der Waals surface area contributed by atoms with Gasteiger partial charge in [0.15, 0.2) is 0 Å². The van der Waals surface area contributed by atoms with Gasteiger partial charge in [0.05, 0.1) is 11.1 Å². The van der Waals surface area contributed by atoms with Gasteiger partial charge in [-0.15, -0.1) is 0 Å². The molecule has 28 heavy (non-hydrogen) atoms. The predicted molar refractivity (Wildman–Crippen MR) is 112 cm³/mol. The highest BCUT2D eigenvalue weighted by Gasteiger charge is 2.37. The minimum atomic E-state index is -0.603. The van der Waals surface area contributed by atoms with E-state index in [2.05, 4.69) is 5.32 Å². The molecule has 1 heterocycles. The molecule has 2 aromatic carbocycles. The molecular formula is C23H28N2O3. The van der Waals surface area contributed by atoms with Gasteiger partial charge in [-0.1, -0.05) is 17.7 Å². The number of amides is 2. The smallest absolute Gasteiger partial charge is 0.256 e. The molecule has 5 heteroatoms. The lowest BCUT2D eigenvalue weighted by Crippen LogP contribution is -2.42. The van der Waals surface area contributed by atoms with Gasteiger partial charge in [-0.3, -0.25) is 9.59 Å². The van der Waals surface area contributed by atoms with Crippen molar-refractivity contribution in [1.82, 2.24) is 0 Å². The van der Waals surface area contributed by atoms with Crippen LogP contribution in [0, 0.1) is 26.2 Å². The zero-order valence-electron chi connectivity index (χ0n) is 17.5. The number of hydrogen-bond acceptors (Lipinski definition) is 3. The van der Waals surface area contributed by atoms with Gasteiger partial charge < -0.3 is 15.0 Å². The Bertz CT molecular complexity index is 924. The van der Waals surface area contributed by atoms with Crippen molar-refractivity contribution in [3.63, 3.8) is 0 Å². The number of carbonyl (C=O) groups is 2. The monoisotopic (exact) mass is 380 g/mol. The second-order valence-electron chi connectivity index (χ2n) is 8.13. The maximum absolute atomic E-state index is 12.9. The average Bonchev–Trinajstić information content (AvgIpc) is 2.69. The third-order valence-electron chi connectivity index (χ3n) is 5.14. The highest BCUT2D eigenvalue weighted by Crippen LogP contribution is 2.38. The average molecular weight is 380 g/mol. The number of nitrogens with zero attached hydrogens (tertiary/aromatic N) is 1. The van der Waals surface area contributed by atoms with E-state index in [0.29, 0.717) is 30.2 Å². The van der Waals surface area contributed by atoms with Crippen molar-refractivity contribution in [2.45, 2.75) is 41.5 Å². The predicted octanol–water partition coefficient (Wildman–Crippen LogP) is 4.64. The molecular weight excluding hydrogens is 352 g/mol. The highest BCUT2D eigenvalue weighted by atomic mass is 16.5. The fourth-order valence-corrected chi connectivity index (χ4v) is 3.77. The summed E-state index contributed by atoms with van der Waals surface area (Å²) in [7, 11) is 0. The Morgan fingerprint density at radius 3 is 2.39 bits per heavy atom. The summed E-state index contributed by atoms with van der Waals surface area (Å²) in [5.74, 6) is 0.500. The van der Waals surface area contributed by atoms with E-state index in [4.69, 9.17) is 4.74 Å². The maximum Gasteiger partial charge on any atom is 0.256 e. The van der Waals surface area contributed by atoms with Crippen LogP contribution in [0.3, 0.4) is 0 Å². The van der Waals surface area contributed by atoms with Gasteiger partial charge in [0, 0.05) is 23.9 Å². The SMILES string of the molecule is CCN1C(=O)C(C)(C)COc2cc(NC(=O)c3c(C)cc(C)cc3C)ccc21. The summed E-state index contributed by atoms with van der Waals surface area (Å²) in [5.41, 5.74) is 4.50. The second-order valence-corrected chi connectivity index (χ2v) is 8.13. The molecule has 0 radical (unpaired) electrons. The molecule has 1 N–H and O–H groups in total. The first kappa shape index (κ1) is 19.9. The number of rotatable bonds is 3. The first-order valence-corrected chi connectivity index (χ1v) is 9.62. The number of benzene rings is 2. The Balaban J connectivity index is 1.92. The molecule has 0 spiro atoms. The molecule has 2 amide bonds. The van der Waals surface area contributed by atoms with Crippen LogP contribution in [0.5, 0.6) is 5.75 Å². The van der Waals surface area contributed by atoms with Gasteiger partial charge in [-0.2, -0.15) is 0 Å². The number of ether oxygens (including phenoxy) is 1. The first-order chi connectivity index (χ1) is 13.1. The number of nitrogens with one attached hydrogen (secondary N) is 1. The molecule has 1 aliphatic heterocycles. The Hall–Kier alpha value is -2.82. The maximum atomic E-state index is 12.9. The summed E-state index contributed by atoms with van der Waals surface area (Å²) < 4.78 is 5.94. The third kappa shape index (κ3) is 3.61. The summed E-state index contributed by atoms with van der Waals surface area (Å²) in [5, 5.41) is 2.97. The molecule has 3 rings (SSSR count). The summed E-state index contributed by atoms with van der Waals surface area (Å²) in [6.45, 7) is 12.5. The summed E-state index contributed by atoms with van der Waals surface area (Å²) in [6.07, 6.45) is 0. The zero-order valence-corrected chi connectivity index (χ0v) is 17.5. The molecule has 0 aromatic heterocycles. The number of fused-ring (bicyclic) bond motifs is 1. The molecule has 0 unspecified atom stereocenters. The standard InChI is InChI=1S/C23H28N2O3/c1-7-25-18-9-8-17(12-19(18)28-13-23(5,6)22(25)27)24-21(26)20-15(3)10-14(2)11-16(20)4/h8-12H,7,13H2,1-6H3,(H,24,26). The van der Waals surface area contributed by atoms with E-state index in [0.717, 1.165) is 22.4 Å². The van der Waals surface area contributed by atoms with Crippen LogP contribution in [0.25, 0.3) is 0 Å². The number of anilines is 2. The first-order valence-electron chi connectivity index (χ1n) is 9.62. The van der Waals surface area contributed by atoms with E-state index in [9.17, 15) is 9.59 Å². The van der Waals surface area contributed by atoms with Crippen LogP contribution < -0.4 is 15.0 Å². The Labute approximate surface area is 166 Å². The molecule has 148 valence electrons. The van der Waals surface area contributed by atoms with E-state index in [1.807, 2.05) is 65.8 Å². The van der Waals surface area contributed by atoms with Crippen molar-refractivity contribution in [2.75, 3.05) is 23.4 Å². The lowest BCUT2D eigenvalue weighted by molar-refractivity contribution is -0.127. The van der Waals surface area contributed by atoms with Crippen LogP contribution in [-0.2, 0) is 4.79 Å².